The third kappa shape index (κ3) is 4.11. The van der Waals surface area contributed by atoms with E-state index in [1.165, 1.54) is 0 Å². The quantitative estimate of drug-likeness (QED) is 0.705. The highest BCUT2D eigenvalue weighted by Crippen LogP contribution is 2.22. The van der Waals surface area contributed by atoms with E-state index in [2.05, 4.69) is 0 Å². The molecule has 0 aromatic heterocycles. The van der Waals surface area contributed by atoms with E-state index in [1.54, 1.807) is 20.8 Å². The van der Waals surface area contributed by atoms with Gasteiger partial charge in [-0.05, 0) is 33.6 Å². The molecule has 1 fully saturated rings. The standard InChI is InChI=1S/C11H18O5S/c1-11(2,3)16-10(13)7-17(14,15)9-6-4-5-8(9)12/h9H,4-7H2,1-3H3. The minimum absolute atomic E-state index is 0.284. The number of ether oxygens (including phenoxy) is 1. The molecule has 1 atom stereocenters. The molecular formula is C11H18O5S. The van der Waals surface area contributed by atoms with E-state index in [4.69, 9.17) is 4.74 Å². The molecule has 0 N–H and O–H groups in total. The Hall–Kier alpha value is -0.910. The van der Waals surface area contributed by atoms with Crippen molar-refractivity contribution in [3.05, 3.63) is 0 Å². The van der Waals surface area contributed by atoms with Gasteiger partial charge in [-0.1, -0.05) is 0 Å². The Bertz CT molecular complexity index is 416. The summed E-state index contributed by atoms with van der Waals surface area (Å²) in [6.45, 7) is 4.99. The molecule has 0 aromatic rings. The molecular weight excluding hydrogens is 244 g/mol. The lowest BCUT2D eigenvalue weighted by Gasteiger charge is -2.20. The van der Waals surface area contributed by atoms with Crippen LogP contribution in [0.2, 0.25) is 0 Å². The molecule has 6 heteroatoms. The zero-order chi connectivity index (χ0) is 13.3. The fraction of sp³-hybridized carbons (Fsp3) is 0.818. The average Bonchev–Trinajstić information content (AvgIpc) is 2.46. The van der Waals surface area contributed by atoms with Gasteiger partial charge in [0.05, 0.1) is 0 Å². The summed E-state index contributed by atoms with van der Waals surface area (Å²) in [5.74, 6) is -1.79. The van der Waals surface area contributed by atoms with Crippen LogP contribution in [0.3, 0.4) is 0 Å². The molecule has 98 valence electrons. The summed E-state index contributed by atoms with van der Waals surface area (Å²) in [5.41, 5.74) is -0.716. The number of carbonyl (C=O) groups excluding carboxylic acids is 2. The van der Waals surface area contributed by atoms with Crippen molar-refractivity contribution in [2.75, 3.05) is 5.75 Å². The first-order valence-corrected chi connectivity index (χ1v) is 7.29. The van der Waals surface area contributed by atoms with Crippen LogP contribution in [0.15, 0.2) is 0 Å². The topological polar surface area (TPSA) is 77.5 Å². The first-order chi connectivity index (χ1) is 7.62. The van der Waals surface area contributed by atoms with Crippen LogP contribution >= 0.6 is 0 Å². The Labute approximate surface area is 101 Å². The number of sulfone groups is 1. The molecule has 5 nitrogen and oxygen atoms in total. The van der Waals surface area contributed by atoms with E-state index in [9.17, 15) is 18.0 Å². The van der Waals surface area contributed by atoms with Crippen LogP contribution in [0.4, 0.5) is 0 Å². The minimum atomic E-state index is -3.70. The van der Waals surface area contributed by atoms with Crippen molar-refractivity contribution in [3.63, 3.8) is 0 Å². The maximum absolute atomic E-state index is 11.8. The van der Waals surface area contributed by atoms with Gasteiger partial charge < -0.3 is 4.74 Å². The van der Waals surface area contributed by atoms with E-state index in [-0.39, 0.29) is 12.2 Å². The Balaban J connectivity index is 2.67. The zero-order valence-corrected chi connectivity index (χ0v) is 11.2. The molecule has 1 saturated carbocycles. The molecule has 1 rings (SSSR count). The van der Waals surface area contributed by atoms with Gasteiger partial charge in [-0.15, -0.1) is 0 Å². The van der Waals surface area contributed by atoms with Crippen LogP contribution in [0, 0.1) is 0 Å². The van der Waals surface area contributed by atoms with Gasteiger partial charge in [0, 0.05) is 6.42 Å². The molecule has 0 radical (unpaired) electrons. The van der Waals surface area contributed by atoms with Crippen molar-refractivity contribution in [1.82, 2.24) is 0 Å². The molecule has 0 amide bonds. The van der Waals surface area contributed by atoms with Crippen molar-refractivity contribution >= 4 is 21.6 Å². The van der Waals surface area contributed by atoms with Crippen molar-refractivity contribution in [3.8, 4) is 0 Å². The fourth-order valence-corrected chi connectivity index (χ4v) is 3.43. The third-order valence-electron chi connectivity index (χ3n) is 2.42. The highest BCUT2D eigenvalue weighted by Gasteiger charge is 2.38. The first-order valence-electron chi connectivity index (χ1n) is 5.58. The number of hydrogen-bond donors (Lipinski definition) is 0. The molecule has 1 unspecified atom stereocenters. The second kappa shape index (κ2) is 4.76. The molecule has 1 aliphatic carbocycles. The first kappa shape index (κ1) is 14.2. The highest BCUT2D eigenvalue weighted by atomic mass is 32.2. The van der Waals surface area contributed by atoms with Gasteiger partial charge in [-0.3, -0.25) is 9.59 Å². The SMILES string of the molecule is CC(C)(C)OC(=O)CS(=O)(=O)C1CCCC1=O. The molecule has 0 aliphatic heterocycles. The fourth-order valence-electron chi connectivity index (χ4n) is 1.80. The number of esters is 1. The maximum atomic E-state index is 11.8. The summed E-state index contributed by atoms with van der Waals surface area (Å²) in [7, 11) is -3.70. The van der Waals surface area contributed by atoms with Gasteiger partial charge in [-0.2, -0.15) is 0 Å². The van der Waals surface area contributed by atoms with Gasteiger partial charge in [0.1, 0.15) is 16.6 Å². The van der Waals surface area contributed by atoms with E-state index in [1.807, 2.05) is 0 Å². The predicted octanol–water partition coefficient (Wildman–Crippen LogP) is 0.865. The lowest BCUT2D eigenvalue weighted by atomic mass is 10.2. The van der Waals surface area contributed by atoms with Crippen LogP contribution in [-0.4, -0.2) is 36.8 Å². The van der Waals surface area contributed by atoms with Crippen LogP contribution in [0.25, 0.3) is 0 Å². The number of hydrogen-bond acceptors (Lipinski definition) is 5. The Morgan fingerprint density at radius 1 is 1.41 bits per heavy atom. The van der Waals surface area contributed by atoms with Gasteiger partial charge in [-0.25, -0.2) is 8.42 Å². The molecule has 17 heavy (non-hydrogen) atoms. The maximum Gasteiger partial charge on any atom is 0.321 e. The summed E-state index contributed by atoms with van der Waals surface area (Å²) in [5, 5.41) is -1.00. The number of rotatable bonds is 3. The lowest BCUT2D eigenvalue weighted by molar-refractivity contribution is -0.151. The van der Waals surface area contributed by atoms with Crippen molar-refractivity contribution < 1.29 is 22.7 Å². The average molecular weight is 262 g/mol. The second-order valence-corrected chi connectivity index (χ2v) is 7.42. The monoisotopic (exact) mass is 262 g/mol. The minimum Gasteiger partial charge on any atom is -0.459 e. The molecule has 0 spiro atoms. The van der Waals surface area contributed by atoms with Crippen LogP contribution in [0.5, 0.6) is 0 Å². The van der Waals surface area contributed by atoms with Crippen LogP contribution < -0.4 is 0 Å². The van der Waals surface area contributed by atoms with Crippen LogP contribution in [-0.2, 0) is 24.2 Å². The Morgan fingerprint density at radius 2 is 2.00 bits per heavy atom. The molecule has 0 bridgehead atoms. The number of carbonyl (C=O) groups is 2. The predicted molar refractivity (Wildman–Crippen MR) is 62.3 cm³/mol. The lowest BCUT2D eigenvalue weighted by Crippen LogP contribution is -2.34. The highest BCUT2D eigenvalue weighted by molar-refractivity contribution is 7.93. The van der Waals surface area contributed by atoms with Crippen LogP contribution in [0.1, 0.15) is 40.0 Å². The second-order valence-electron chi connectivity index (χ2n) is 5.24. The summed E-state index contributed by atoms with van der Waals surface area (Å²) in [6, 6.07) is 0. The largest absolute Gasteiger partial charge is 0.459 e. The Kier molecular flexibility index (Phi) is 3.96. The molecule has 1 aliphatic rings. The van der Waals surface area contributed by atoms with Gasteiger partial charge in [0.2, 0.25) is 0 Å². The van der Waals surface area contributed by atoms with Gasteiger partial charge >= 0.3 is 5.97 Å². The van der Waals surface area contributed by atoms with Crippen molar-refractivity contribution in [2.45, 2.75) is 50.9 Å². The molecule has 0 heterocycles. The van der Waals surface area contributed by atoms with E-state index < -0.39 is 32.4 Å². The third-order valence-corrected chi connectivity index (χ3v) is 4.42. The van der Waals surface area contributed by atoms with E-state index in [0.29, 0.717) is 12.8 Å². The van der Waals surface area contributed by atoms with Gasteiger partial charge in [0.25, 0.3) is 0 Å². The smallest absolute Gasteiger partial charge is 0.321 e. The summed E-state index contributed by atoms with van der Waals surface area (Å²) in [4.78, 5) is 22.8. The normalized spacial score (nSPS) is 21.6. The Morgan fingerprint density at radius 3 is 2.41 bits per heavy atom. The summed E-state index contributed by atoms with van der Waals surface area (Å²) in [6.07, 6.45) is 1.19. The van der Waals surface area contributed by atoms with Crippen molar-refractivity contribution in [2.24, 2.45) is 0 Å². The zero-order valence-electron chi connectivity index (χ0n) is 10.4. The van der Waals surface area contributed by atoms with E-state index in [0.717, 1.165) is 0 Å². The molecule has 0 aromatic carbocycles. The van der Waals surface area contributed by atoms with E-state index >= 15 is 0 Å². The number of Topliss-reactive ketones (excluding diaryl/α,β-unsaturated/α-hetero) is 1. The number of ketones is 1. The summed E-state index contributed by atoms with van der Waals surface area (Å²) >= 11 is 0. The van der Waals surface area contributed by atoms with Gasteiger partial charge in [0.15, 0.2) is 15.6 Å². The van der Waals surface area contributed by atoms with Crippen molar-refractivity contribution in [1.29, 1.82) is 0 Å². The summed E-state index contributed by atoms with van der Waals surface area (Å²) < 4.78 is 28.6. The molecule has 0 saturated heterocycles.